The van der Waals surface area contributed by atoms with Crippen molar-refractivity contribution in [3.8, 4) is 17.3 Å². The molecule has 0 radical (unpaired) electrons. The van der Waals surface area contributed by atoms with Gasteiger partial charge in [0.05, 0.1) is 28.8 Å². The molecule has 36 heavy (non-hydrogen) atoms. The highest BCUT2D eigenvalue weighted by Gasteiger charge is 2.32. The molecule has 3 aliphatic rings. The van der Waals surface area contributed by atoms with Crippen LogP contribution >= 0.6 is 11.6 Å². The van der Waals surface area contributed by atoms with Crippen LogP contribution in [-0.2, 0) is 9.47 Å². The van der Waals surface area contributed by atoms with E-state index in [0.717, 1.165) is 81.1 Å². The molecule has 8 nitrogen and oxygen atoms in total. The lowest BCUT2D eigenvalue weighted by Crippen LogP contribution is -2.42. The van der Waals surface area contributed by atoms with Crippen LogP contribution in [0.3, 0.4) is 0 Å². The maximum atomic E-state index is 9.73. The Bertz CT molecular complexity index is 1060. The second kappa shape index (κ2) is 11.7. The first kappa shape index (κ1) is 25.2. The fourth-order valence-electron chi connectivity index (χ4n) is 5.36. The molecule has 5 rings (SSSR count). The topological polar surface area (TPSA) is 104 Å². The Morgan fingerprint density at radius 1 is 1.00 bits per heavy atom. The van der Waals surface area contributed by atoms with Crippen LogP contribution in [0.25, 0.3) is 11.3 Å². The number of pyridine rings is 2. The van der Waals surface area contributed by atoms with Gasteiger partial charge in [-0.2, -0.15) is 5.26 Å². The number of halogens is 1. The number of aromatic nitrogens is 2. The molecule has 3 N–H and O–H groups in total. The van der Waals surface area contributed by atoms with E-state index in [1.807, 2.05) is 24.3 Å². The lowest BCUT2D eigenvalue weighted by atomic mass is 9.82. The Hall–Kier alpha value is -2.44. The standard InChI is InChI=1S/C27H35ClN6O2/c28-23-15-30-26(33-20-6-4-19(5-7-20)32-21-8-11-36-16-21)14-22(23)24-2-1-3-25(34-24)31-18-27(17-29)9-12-35-13-10-27/h1-3,14-15,19-21,32H,4-13,16,18H2,(H,30,33)(H,31,34)/t19-,20-,21-/m0/s1. The average molecular weight is 511 g/mol. The van der Waals surface area contributed by atoms with Crippen molar-refractivity contribution in [3.05, 3.63) is 35.5 Å². The van der Waals surface area contributed by atoms with Crippen molar-refractivity contribution >= 4 is 23.2 Å². The molecule has 2 aliphatic heterocycles. The Kier molecular flexibility index (Phi) is 8.22. The molecule has 4 heterocycles. The Labute approximate surface area is 218 Å². The predicted molar refractivity (Wildman–Crippen MR) is 141 cm³/mol. The van der Waals surface area contributed by atoms with Gasteiger partial charge in [-0.3, -0.25) is 0 Å². The van der Waals surface area contributed by atoms with Crippen LogP contribution in [0.15, 0.2) is 30.5 Å². The third-order valence-corrected chi connectivity index (χ3v) is 7.96. The molecule has 0 amide bonds. The van der Waals surface area contributed by atoms with E-state index in [4.69, 9.17) is 26.1 Å². The molecule has 1 aliphatic carbocycles. The number of nitriles is 1. The van der Waals surface area contributed by atoms with Crippen LogP contribution in [0.2, 0.25) is 5.02 Å². The SMILES string of the molecule is N#CC1(CNc2cccc(-c3cc(N[C@H]4CC[C@H](N[C@H]5CCOC5)CC4)ncc3Cl)n2)CCOCC1. The molecule has 1 atom stereocenters. The molecule has 0 unspecified atom stereocenters. The van der Waals surface area contributed by atoms with Crippen LogP contribution in [0.1, 0.15) is 44.9 Å². The summed E-state index contributed by atoms with van der Waals surface area (Å²) in [5, 5.41) is 21.0. The van der Waals surface area contributed by atoms with Gasteiger partial charge in [0.1, 0.15) is 11.6 Å². The summed E-state index contributed by atoms with van der Waals surface area (Å²) in [5.41, 5.74) is 1.20. The summed E-state index contributed by atoms with van der Waals surface area (Å²) in [6.07, 6.45) is 8.79. The number of ether oxygens (including phenoxy) is 2. The van der Waals surface area contributed by atoms with E-state index in [1.54, 1.807) is 6.20 Å². The van der Waals surface area contributed by atoms with Crippen LogP contribution < -0.4 is 16.0 Å². The summed E-state index contributed by atoms with van der Waals surface area (Å²) < 4.78 is 10.9. The van der Waals surface area contributed by atoms with Gasteiger partial charge < -0.3 is 25.4 Å². The fraction of sp³-hybridized carbons (Fsp3) is 0.593. The molecule has 0 aromatic carbocycles. The molecule has 2 aromatic rings. The molecule has 2 saturated heterocycles. The van der Waals surface area contributed by atoms with Crippen molar-refractivity contribution in [2.45, 2.75) is 63.1 Å². The number of nitrogens with one attached hydrogen (secondary N) is 3. The molecule has 9 heteroatoms. The summed E-state index contributed by atoms with van der Waals surface area (Å²) in [6.45, 7) is 3.51. The molecule has 1 saturated carbocycles. The van der Waals surface area contributed by atoms with E-state index in [2.05, 4.69) is 27.0 Å². The maximum Gasteiger partial charge on any atom is 0.126 e. The van der Waals surface area contributed by atoms with E-state index in [9.17, 15) is 5.26 Å². The van der Waals surface area contributed by atoms with E-state index in [-0.39, 0.29) is 0 Å². The molecule has 0 bridgehead atoms. The second-order valence-electron chi connectivity index (χ2n) is 10.2. The summed E-state index contributed by atoms with van der Waals surface area (Å²) in [4.78, 5) is 9.32. The number of anilines is 2. The predicted octanol–water partition coefficient (Wildman–Crippen LogP) is 4.63. The Morgan fingerprint density at radius 3 is 2.56 bits per heavy atom. The highest BCUT2D eigenvalue weighted by molar-refractivity contribution is 6.33. The van der Waals surface area contributed by atoms with Crippen LogP contribution in [0.4, 0.5) is 11.6 Å². The van der Waals surface area contributed by atoms with Crippen molar-refractivity contribution in [3.63, 3.8) is 0 Å². The van der Waals surface area contributed by atoms with Gasteiger partial charge in [0, 0.05) is 56.3 Å². The van der Waals surface area contributed by atoms with Crippen molar-refractivity contribution < 1.29 is 9.47 Å². The van der Waals surface area contributed by atoms with Crippen molar-refractivity contribution in [1.82, 2.24) is 15.3 Å². The van der Waals surface area contributed by atoms with E-state index >= 15 is 0 Å². The van der Waals surface area contributed by atoms with Gasteiger partial charge in [-0.05, 0) is 63.1 Å². The maximum absolute atomic E-state index is 9.73. The summed E-state index contributed by atoms with van der Waals surface area (Å²) in [7, 11) is 0. The molecule has 0 spiro atoms. The Morgan fingerprint density at radius 2 is 1.81 bits per heavy atom. The van der Waals surface area contributed by atoms with Crippen LogP contribution in [-0.4, -0.2) is 61.1 Å². The first-order chi connectivity index (χ1) is 17.6. The smallest absolute Gasteiger partial charge is 0.126 e. The lowest BCUT2D eigenvalue weighted by Gasteiger charge is -2.31. The lowest BCUT2D eigenvalue weighted by molar-refractivity contribution is 0.0455. The van der Waals surface area contributed by atoms with Crippen molar-refractivity contribution in [1.29, 1.82) is 5.26 Å². The van der Waals surface area contributed by atoms with E-state index in [0.29, 0.717) is 42.9 Å². The van der Waals surface area contributed by atoms with Gasteiger partial charge in [-0.1, -0.05) is 17.7 Å². The molecular formula is C27H35ClN6O2. The third-order valence-electron chi connectivity index (χ3n) is 7.66. The summed E-state index contributed by atoms with van der Waals surface area (Å²) in [6, 6.07) is 11.8. The molecule has 2 aromatic heterocycles. The highest BCUT2D eigenvalue weighted by atomic mass is 35.5. The third kappa shape index (κ3) is 6.27. The largest absolute Gasteiger partial charge is 0.381 e. The highest BCUT2D eigenvalue weighted by Crippen LogP contribution is 2.32. The first-order valence-electron chi connectivity index (χ1n) is 13.1. The van der Waals surface area contributed by atoms with Gasteiger partial charge in [-0.25, -0.2) is 9.97 Å². The number of hydrogen-bond acceptors (Lipinski definition) is 8. The van der Waals surface area contributed by atoms with Gasteiger partial charge in [-0.15, -0.1) is 0 Å². The number of hydrogen-bond donors (Lipinski definition) is 3. The fourth-order valence-corrected chi connectivity index (χ4v) is 5.56. The summed E-state index contributed by atoms with van der Waals surface area (Å²) in [5.74, 6) is 1.55. The molecule has 192 valence electrons. The molecular weight excluding hydrogens is 476 g/mol. The second-order valence-corrected chi connectivity index (χ2v) is 10.6. The van der Waals surface area contributed by atoms with Crippen molar-refractivity contribution in [2.24, 2.45) is 5.41 Å². The summed E-state index contributed by atoms with van der Waals surface area (Å²) >= 11 is 6.54. The number of nitrogens with zero attached hydrogens (tertiary/aromatic N) is 3. The minimum Gasteiger partial charge on any atom is -0.381 e. The van der Waals surface area contributed by atoms with E-state index < -0.39 is 5.41 Å². The minimum atomic E-state index is -0.416. The van der Waals surface area contributed by atoms with Crippen molar-refractivity contribution in [2.75, 3.05) is 43.6 Å². The zero-order valence-electron chi connectivity index (χ0n) is 20.6. The zero-order valence-corrected chi connectivity index (χ0v) is 21.4. The van der Waals surface area contributed by atoms with E-state index in [1.165, 1.54) is 0 Å². The normalized spacial score (nSPS) is 25.7. The van der Waals surface area contributed by atoms with Gasteiger partial charge in [0.2, 0.25) is 0 Å². The van der Waals surface area contributed by atoms with Crippen LogP contribution in [0, 0.1) is 16.7 Å². The average Bonchev–Trinajstić information content (AvgIpc) is 3.43. The van der Waals surface area contributed by atoms with Gasteiger partial charge >= 0.3 is 0 Å². The zero-order chi connectivity index (χ0) is 24.8. The van der Waals surface area contributed by atoms with Crippen LogP contribution in [0.5, 0.6) is 0 Å². The first-order valence-corrected chi connectivity index (χ1v) is 13.5. The van der Waals surface area contributed by atoms with Gasteiger partial charge in [0.15, 0.2) is 0 Å². The molecule has 3 fully saturated rings. The minimum absolute atomic E-state index is 0.395. The van der Waals surface area contributed by atoms with Gasteiger partial charge in [0.25, 0.3) is 0 Å². The monoisotopic (exact) mass is 510 g/mol. The Balaban J connectivity index is 1.20. The number of rotatable bonds is 8. The quantitative estimate of drug-likeness (QED) is 0.472.